The molecule has 19 heavy (non-hydrogen) atoms. The second-order valence-corrected chi connectivity index (χ2v) is 4.50. The van der Waals surface area contributed by atoms with E-state index in [1.54, 1.807) is 0 Å². The smallest absolute Gasteiger partial charge is 0.420 e. The molecule has 1 aromatic carbocycles. The summed E-state index contributed by atoms with van der Waals surface area (Å²) in [4.78, 5) is 3.82. The van der Waals surface area contributed by atoms with Crippen molar-refractivity contribution >= 4 is 16.5 Å². The SMILES string of the molecule is COc1c(F)cc(-c2csc(N)n2)cc1C(F)(F)F. The quantitative estimate of drug-likeness (QED) is 0.861. The van der Waals surface area contributed by atoms with Crippen LogP contribution in [0.15, 0.2) is 17.5 Å². The molecule has 0 aliphatic heterocycles. The van der Waals surface area contributed by atoms with Crippen LogP contribution in [0.2, 0.25) is 0 Å². The van der Waals surface area contributed by atoms with Crippen LogP contribution in [0.3, 0.4) is 0 Å². The average Bonchev–Trinajstić information content (AvgIpc) is 2.73. The molecule has 1 aromatic heterocycles. The van der Waals surface area contributed by atoms with Crippen molar-refractivity contribution in [2.24, 2.45) is 0 Å². The number of ether oxygens (including phenoxy) is 1. The van der Waals surface area contributed by atoms with Gasteiger partial charge in [0.25, 0.3) is 0 Å². The number of thiazole rings is 1. The highest BCUT2D eigenvalue weighted by molar-refractivity contribution is 7.13. The van der Waals surface area contributed by atoms with Gasteiger partial charge < -0.3 is 10.5 Å². The second kappa shape index (κ2) is 4.69. The summed E-state index contributed by atoms with van der Waals surface area (Å²) in [6.45, 7) is 0. The van der Waals surface area contributed by atoms with E-state index in [9.17, 15) is 17.6 Å². The number of halogens is 4. The summed E-state index contributed by atoms with van der Waals surface area (Å²) < 4.78 is 56.6. The molecule has 0 saturated carbocycles. The van der Waals surface area contributed by atoms with E-state index in [1.165, 1.54) is 5.38 Å². The summed E-state index contributed by atoms with van der Waals surface area (Å²) in [5, 5.41) is 1.65. The number of nitrogen functional groups attached to an aromatic ring is 1. The lowest BCUT2D eigenvalue weighted by Gasteiger charge is -2.13. The lowest BCUT2D eigenvalue weighted by Crippen LogP contribution is -2.09. The van der Waals surface area contributed by atoms with E-state index in [1.807, 2.05) is 0 Å². The van der Waals surface area contributed by atoms with Gasteiger partial charge in [-0.3, -0.25) is 0 Å². The summed E-state index contributed by atoms with van der Waals surface area (Å²) in [6, 6.07) is 1.72. The number of rotatable bonds is 2. The van der Waals surface area contributed by atoms with Gasteiger partial charge in [0.2, 0.25) is 0 Å². The van der Waals surface area contributed by atoms with Crippen LogP contribution >= 0.6 is 11.3 Å². The normalized spacial score (nSPS) is 11.6. The zero-order chi connectivity index (χ0) is 14.2. The lowest BCUT2D eigenvalue weighted by molar-refractivity contribution is -0.139. The number of aromatic nitrogens is 1. The molecule has 1 heterocycles. The Morgan fingerprint density at radius 2 is 2.00 bits per heavy atom. The number of alkyl halides is 3. The van der Waals surface area contributed by atoms with Crippen molar-refractivity contribution in [2.45, 2.75) is 6.18 Å². The summed E-state index contributed by atoms with van der Waals surface area (Å²) >= 11 is 1.06. The molecule has 0 bridgehead atoms. The fourth-order valence-corrected chi connectivity index (χ4v) is 2.15. The molecule has 2 aromatic rings. The van der Waals surface area contributed by atoms with Crippen LogP contribution < -0.4 is 10.5 Å². The maximum Gasteiger partial charge on any atom is 0.420 e. The van der Waals surface area contributed by atoms with Crippen molar-refractivity contribution in [1.29, 1.82) is 0 Å². The first-order valence-corrected chi connectivity index (χ1v) is 5.87. The van der Waals surface area contributed by atoms with Gasteiger partial charge in [0, 0.05) is 10.9 Å². The van der Waals surface area contributed by atoms with Crippen LogP contribution in [0.5, 0.6) is 5.75 Å². The molecule has 0 atom stereocenters. The van der Waals surface area contributed by atoms with Crippen LogP contribution in [0.4, 0.5) is 22.7 Å². The van der Waals surface area contributed by atoms with Gasteiger partial charge in [-0.15, -0.1) is 11.3 Å². The second-order valence-electron chi connectivity index (χ2n) is 3.61. The van der Waals surface area contributed by atoms with Gasteiger partial charge in [-0.05, 0) is 12.1 Å². The molecule has 0 aliphatic rings. The van der Waals surface area contributed by atoms with Crippen LogP contribution in [0.25, 0.3) is 11.3 Å². The van der Waals surface area contributed by atoms with Crippen LogP contribution in [0, 0.1) is 5.82 Å². The number of nitrogens with zero attached hydrogens (tertiary/aromatic N) is 1. The molecule has 0 saturated heterocycles. The molecule has 0 amide bonds. The first-order chi connectivity index (χ1) is 8.82. The summed E-state index contributed by atoms with van der Waals surface area (Å²) in [5.41, 5.74) is 4.41. The van der Waals surface area contributed by atoms with E-state index in [2.05, 4.69) is 9.72 Å². The van der Waals surface area contributed by atoms with E-state index in [-0.39, 0.29) is 16.4 Å². The Balaban J connectivity index is 2.63. The third-order valence-electron chi connectivity index (χ3n) is 2.37. The summed E-state index contributed by atoms with van der Waals surface area (Å²) in [7, 11) is 0.980. The number of benzene rings is 1. The molecule has 0 aliphatic carbocycles. The molecule has 3 nitrogen and oxygen atoms in total. The summed E-state index contributed by atoms with van der Waals surface area (Å²) in [5.74, 6) is -1.93. The number of methoxy groups -OCH3 is 1. The highest BCUT2D eigenvalue weighted by Crippen LogP contribution is 2.40. The topological polar surface area (TPSA) is 48.1 Å². The van der Waals surface area contributed by atoms with Gasteiger partial charge >= 0.3 is 6.18 Å². The Morgan fingerprint density at radius 1 is 1.32 bits per heavy atom. The van der Waals surface area contributed by atoms with Gasteiger partial charge in [0.1, 0.15) is 5.56 Å². The minimum Gasteiger partial charge on any atom is -0.493 e. The molecular weight excluding hydrogens is 284 g/mol. The standard InChI is InChI=1S/C11H8F4N2OS/c1-18-9-6(11(13,14)15)2-5(3-7(9)12)8-4-19-10(16)17-8/h2-4H,1H3,(H2,16,17). The molecule has 102 valence electrons. The number of hydrogen-bond donors (Lipinski definition) is 1. The highest BCUT2D eigenvalue weighted by Gasteiger charge is 2.36. The van der Waals surface area contributed by atoms with Gasteiger partial charge in [-0.1, -0.05) is 0 Å². The molecule has 0 spiro atoms. The van der Waals surface area contributed by atoms with Crippen LogP contribution in [-0.2, 0) is 6.18 Å². The van der Waals surface area contributed by atoms with Crippen molar-refractivity contribution in [1.82, 2.24) is 4.98 Å². The van der Waals surface area contributed by atoms with Crippen LogP contribution in [-0.4, -0.2) is 12.1 Å². The summed E-state index contributed by atoms with van der Waals surface area (Å²) in [6.07, 6.45) is -4.72. The predicted octanol–water partition coefficient (Wildman–Crippen LogP) is 3.56. The molecule has 2 rings (SSSR count). The Hall–Kier alpha value is -1.83. The Morgan fingerprint density at radius 3 is 2.47 bits per heavy atom. The van der Waals surface area contributed by atoms with Crippen molar-refractivity contribution in [3.8, 4) is 17.0 Å². The van der Waals surface area contributed by atoms with Crippen molar-refractivity contribution in [2.75, 3.05) is 12.8 Å². The Kier molecular flexibility index (Phi) is 3.36. The fraction of sp³-hybridized carbons (Fsp3) is 0.182. The minimum atomic E-state index is -4.72. The average molecular weight is 292 g/mol. The lowest BCUT2D eigenvalue weighted by atomic mass is 10.1. The fourth-order valence-electron chi connectivity index (χ4n) is 1.58. The van der Waals surface area contributed by atoms with Gasteiger partial charge in [-0.25, -0.2) is 9.37 Å². The monoisotopic (exact) mass is 292 g/mol. The molecule has 8 heteroatoms. The molecule has 2 N–H and O–H groups in total. The number of anilines is 1. The minimum absolute atomic E-state index is 0.00132. The zero-order valence-corrected chi connectivity index (χ0v) is 10.4. The first kappa shape index (κ1) is 13.6. The molecular formula is C11H8F4N2OS. The molecule has 0 unspecified atom stereocenters. The maximum atomic E-state index is 13.7. The van der Waals surface area contributed by atoms with E-state index in [0.717, 1.165) is 30.6 Å². The van der Waals surface area contributed by atoms with E-state index >= 15 is 0 Å². The number of nitrogens with two attached hydrogens (primary N) is 1. The number of hydrogen-bond acceptors (Lipinski definition) is 4. The Labute approximate surface area is 109 Å². The highest BCUT2D eigenvalue weighted by atomic mass is 32.1. The molecule has 0 radical (unpaired) electrons. The van der Waals surface area contributed by atoms with E-state index in [0.29, 0.717) is 0 Å². The zero-order valence-electron chi connectivity index (χ0n) is 9.58. The Bertz CT molecular complexity index is 609. The molecule has 0 fully saturated rings. The van der Waals surface area contributed by atoms with Crippen molar-refractivity contribution < 1.29 is 22.3 Å². The maximum absolute atomic E-state index is 13.7. The third kappa shape index (κ3) is 2.62. The largest absolute Gasteiger partial charge is 0.493 e. The van der Waals surface area contributed by atoms with E-state index < -0.39 is 23.3 Å². The third-order valence-corrected chi connectivity index (χ3v) is 3.04. The van der Waals surface area contributed by atoms with Gasteiger partial charge in [0.05, 0.1) is 12.8 Å². The van der Waals surface area contributed by atoms with Crippen LogP contribution in [0.1, 0.15) is 5.56 Å². The predicted molar refractivity (Wildman–Crippen MR) is 63.5 cm³/mol. The van der Waals surface area contributed by atoms with Gasteiger partial charge in [-0.2, -0.15) is 13.2 Å². The van der Waals surface area contributed by atoms with Gasteiger partial charge in [0.15, 0.2) is 16.7 Å². The van der Waals surface area contributed by atoms with Crippen molar-refractivity contribution in [3.05, 3.63) is 28.9 Å². The first-order valence-electron chi connectivity index (χ1n) is 4.99. The van der Waals surface area contributed by atoms with E-state index in [4.69, 9.17) is 5.73 Å². The van der Waals surface area contributed by atoms with Crippen molar-refractivity contribution in [3.63, 3.8) is 0 Å².